The first-order chi connectivity index (χ1) is 13.8. The summed E-state index contributed by atoms with van der Waals surface area (Å²) in [6, 6.07) is 11.9. The Morgan fingerprint density at radius 2 is 1.86 bits per heavy atom. The Kier molecular flexibility index (Phi) is 6.92. The summed E-state index contributed by atoms with van der Waals surface area (Å²) in [6.07, 6.45) is 0.113. The van der Waals surface area contributed by atoms with E-state index in [9.17, 15) is 14.0 Å². The third-order valence-corrected chi connectivity index (χ3v) is 6.24. The lowest BCUT2D eigenvalue weighted by Crippen LogP contribution is -2.59. The summed E-state index contributed by atoms with van der Waals surface area (Å²) < 4.78 is 13.0. The van der Waals surface area contributed by atoms with Gasteiger partial charge in [-0.15, -0.1) is 11.8 Å². The van der Waals surface area contributed by atoms with Crippen molar-refractivity contribution in [3.63, 3.8) is 0 Å². The smallest absolute Gasteiger partial charge is 0.227 e. The van der Waals surface area contributed by atoms with Crippen molar-refractivity contribution in [2.75, 3.05) is 5.32 Å². The molecule has 3 N–H and O–H groups in total. The van der Waals surface area contributed by atoms with Crippen molar-refractivity contribution < 1.29 is 14.0 Å². The summed E-state index contributed by atoms with van der Waals surface area (Å²) in [4.78, 5) is 25.0. The van der Waals surface area contributed by atoms with Crippen LogP contribution in [0.15, 0.2) is 42.5 Å². The van der Waals surface area contributed by atoms with Crippen LogP contribution in [-0.4, -0.2) is 23.4 Å². The molecule has 1 aliphatic rings. The van der Waals surface area contributed by atoms with Crippen LogP contribution in [0.2, 0.25) is 0 Å². The second-order valence-electron chi connectivity index (χ2n) is 7.44. The van der Waals surface area contributed by atoms with Crippen LogP contribution in [-0.2, 0) is 15.3 Å². The van der Waals surface area contributed by atoms with Crippen LogP contribution in [0.5, 0.6) is 0 Å². The number of aryl methyl sites for hydroxylation is 2. The van der Waals surface area contributed by atoms with Gasteiger partial charge in [-0.25, -0.2) is 4.39 Å². The van der Waals surface area contributed by atoms with Gasteiger partial charge in [-0.3, -0.25) is 14.9 Å². The molecule has 1 fully saturated rings. The van der Waals surface area contributed by atoms with Crippen LogP contribution in [0, 0.1) is 25.6 Å². The Morgan fingerprint density at radius 3 is 2.52 bits per heavy atom. The fraction of sp³-hybridized carbons (Fsp3) is 0.364. The van der Waals surface area contributed by atoms with E-state index in [4.69, 9.17) is 0 Å². The van der Waals surface area contributed by atoms with Crippen LogP contribution in [0.1, 0.15) is 30.0 Å². The molecule has 2 aromatic carbocycles. The normalized spacial score (nSPS) is 21.5. The third kappa shape index (κ3) is 5.81. The number of amides is 2. The number of nitrogens with one attached hydrogen (secondary N) is 3. The molecule has 3 unspecified atom stereocenters. The summed E-state index contributed by atoms with van der Waals surface area (Å²) in [5, 5.41) is 9.14. The summed E-state index contributed by atoms with van der Waals surface area (Å²) >= 11 is 1.52. The van der Waals surface area contributed by atoms with Gasteiger partial charge in [0.05, 0.1) is 5.92 Å². The van der Waals surface area contributed by atoms with Gasteiger partial charge < -0.3 is 10.6 Å². The minimum absolute atomic E-state index is 0.113. The zero-order chi connectivity index (χ0) is 21.0. The monoisotopic (exact) mass is 415 g/mol. The van der Waals surface area contributed by atoms with E-state index in [1.165, 1.54) is 23.9 Å². The Hall–Kier alpha value is -2.38. The van der Waals surface area contributed by atoms with Crippen molar-refractivity contribution in [2.45, 2.75) is 44.5 Å². The van der Waals surface area contributed by atoms with E-state index in [-0.39, 0.29) is 35.6 Å². The standard InChI is InChI=1S/C22H26FN3O2S/c1-13-4-9-18(10-14(13)2)25-20(27)11-19-15(3)24-22(26-21(19)28)29-12-16-5-7-17(23)8-6-16/h4-10,15,19,22,24H,11-12H2,1-3H3,(H,25,27)(H,26,28). The average molecular weight is 416 g/mol. The van der Waals surface area contributed by atoms with Gasteiger partial charge in [0.1, 0.15) is 11.3 Å². The van der Waals surface area contributed by atoms with Gasteiger partial charge in [0, 0.05) is 23.9 Å². The van der Waals surface area contributed by atoms with E-state index in [2.05, 4.69) is 16.0 Å². The Labute approximate surface area is 174 Å². The Balaban J connectivity index is 1.51. The van der Waals surface area contributed by atoms with E-state index < -0.39 is 5.92 Å². The molecule has 0 saturated carbocycles. The molecule has 2 amide bonds. The van der Waals surface area contributed by atoms with Crippen molar-refractivity contribution in [3.8, 4) is 0 Å². The maximum absolute atomic E-state index is 13.0. The van der Waals surface area contributed by atoms with Crippen molar-refractivity contribution in [1.29, 1.82) is 0 Å². The molecule has 154 valence electrons. The molecule has 2 aromatic rings. The topological polar surface area (TPSA) is 70.2 Å². The van der Waals surface area contributed by atoms with E-state index in [0.29, 0.717) is 5.75 Å². The number of benzene rings is 2. The molecular weight excluding hydrogens is 389 g/mol. The van der Waals surface area contributed by atoms with Crippen molar-refractivity contribution in [3.05, 3.63) is 65.0 Å². The summed E-state index contributed by atoms with van der Waals surface area (Å²) in [5.74, 6) is -0.381. The van der Waals surface area contributed by atoms with Crippen LogP contribution in [0.25, 0.3) is 0 Å². The Morgan fingerprint density at radius 1 is 1.14 bits per heavy atom. The second-order valence-corrected chi connectivity index (χ2v) is 8.53. The van der Waals surface area contributed by atoms with Crippen molar-refractivity contribution in [2.24, 2.45) is 5.92 Å². The zero-order valence-electron chi connectivity index (χ0n) is 16.8. The molecule has 0 bridgehead atoms. The van der Waals surface area contributed by atoms with Crippen LogP contribution in [0.3, 0.4) is 0 Å². The number of hydrogen-bond acceptors (Lipinski definition) is 4. The second kappa shape index (κ2) is 9.41. The predicted octanol–water partition coefficient (Wildman–Crippen LogP) is 3.71. The minimum Gasteiger partial charge on any atom is -0.331 e. The lowest BCUT2D eigenvalue weighted by atomic mass is 9.94. The van der Waals surface area contributed by atoms with E-state index in [1.54, 1.807) is 12.1 Å². The molecule has 0 aliphatic carbocycles. The maximum Gasteiger partial charge on any atom is 0.227 e. The molecule has 3 atom stereocenters. The molecule has 7 heteroatoms. The Bertz CT molecular complexity index is 888. The highest BCUT2D eigenvalue weighted by Gasteiger charge is 2.34. The first-order valence-corrected chi connectivity index (χ1v) is 10.7. The first kappa shape index (κ1) is 21.3. The van der Waals surface area contributed by atoms with Crippen molar-refractivity contribution in [1.82, 2.24) is 10.6 Å². The molecule has 1 aliphatic heterocycles. The van der Waals surface area contributed by atoms with Gasteiger partial charge in [0.2, 0.25) is 11.8 Å². The highest BCUT2D eigenvalue weighted by atomic mass is 32.2. The van der Waals surface area contributed by atoms with E-state index >= 15 is 0 Å². The number of carbonyl (C=O) groups is 2. The van der Waals surface area contributed by atoms with Gasteiger partial charge in [0.25, 0.3) is 0 Å². The number of rotatable bonds is 6. The fourth-order valence-electron chi connectivity index (χ4n) is 3.21. The largest absolute Gasteiger partial charge is 0.331 e. The minimum atomic E-state index is -0.441. The molecule has 1 heterocycles. The van der Waals surface area contributed by atoms with Gasteiger partial charge in [0.15, 0.2) is 0 Å². The van der Waals surface area contributed by atoms with E-state index in [1.807, 2.05) is 39.0 Å². The van der Waals surface area contributed by atoms with Crippen LogP contribution < -0.4 is 16.0 Å². The molecular formula is C22H26FN3O2S. The lowest BCUT2D eigenvalue weighted by Gasteiger charge is -2.35. The maximum atomic E-state index is 13.0. The average Bonchev–Trinajstić information content (AvgIpc) is 2.67. The van der Waals surface area contributed by atoms with Crippen LogP contribution in [0.4, 0.5) is 10.1 Å². The number of carbonyl (C=O) groups excluding carboxylic acids is 2. The van der Waals surface area contributed by atoms with Crippen molar-refractivity contribution >= 4 is 29.3 Å². The number of halogens is 1. The predicted molar refractivity (Wildman–Crippen MR) is 115 cm³/mol. The summed E-state index contributed by atoms with van der Waals surface area (Å²) in [5.41, 5.74) is 3.74. The zero-order valence-corrected chi connectivity index (χ0v) is 17.6. The molecule has 0 radical (unpaired) electrons. The molecule has 5 nitrogen and oxygen atoms in total. The molecule has 0 aromatic heterocycles. The molecule has 3 rings (SSSR count). The first-order valence-electron chi connectivity index (χ1n) is 9.61. The van der Waals surface area contributed by atoms with Gasteiger partial charge in [-0.1, -0.05) is 18.2 Å². The molecule has 29 heavy (non-hydrogen) atoms. The highest BCUT2D eigenvalue weighted by Crippen LogP contribution is 2.23. The van der Waals surface area contributed by atoms with E-state index in [0.717, 1.165) is 22.4 Å². The van der Waals surface area contributed by atoms with Gasteiger partial charge >= 0.3 is 0 Å². The number of hydrogen-bond donors (Lipinski definition) is 3. The summed E-state index contributed by atoms with van der Waals surface area (Å²) in [7, 11) is 0. The molecule has 0 spiro atoms. The van der Waals surface area contributed by atoms with Gasteiger partial charge in [-0.2, -0.15) is 0 Å². The summed E-state index contributed by atoms with van der Waals surface area (Å²) in [6.45, 7) is 5.93. The molecule has 1 saturated heterocycles. The van der Waals surface area contributed by atoms with Gasteiger partial charge in [-0.05, 0) is 61.7 Å². The quantitative estimate of drug-likeness (QED) is 0.673. The lowest BCUT2D eigenvalue weighted by molar-refractivity contribution is -0.131. The van der Waals surface area contributed by atoms with Crippen LogP contribution >= 0.6 is 11.8 Å². The fourth-order valence-corrected chi connectivity index (χ4v) is 4.27. The highest BCUT2D eigenvalue weighted by molar-refractivity contribution is 7.99. The third-order valence-electron chi connectivity index (χ3n) is 5.15. The number of anilines is 1. The SMILES string of the molecule is Cc1ccc(NC(=O)CC2C(=O)NC(SCc3ccc(F)cc3)NC2C)cc1C. The number of thioether (sulfide) groups is 1.